The first-order valence-electron chi connectivity index (χ1n) is 6.77. The predicted octanol–water partition coefficient (Wildman–Crippen LogP) is 4.34. The van der Waals surface area contributed by atoms with Crippen molar-refractivity contribution < 1.29 is 0 Å². The lowest BCUT2D eigenvalue weighted by atomic mass is 10.1. The van der Waals surface area contributed by atoms with E-state index >= 15 is 0 Å². The molecule has 0 aliphatic heterocycles. The molecule has 0 aliphatic rings. The molecule has 2 heteroatoms. The van der Waals surface area contributed by atoms with Gasteiger partial charge in [0, 0.05) is 17.1 Å². The Labute approximate surface area is 119 Å². The first kappa shape index (κ1) is 12.5. The van der Waals surface area contributed by atoms with Crippen molar-refractivity contribution >= 4 is 5.69 Å². The fraction of sp³-hybridized carbons (Fsp3) is 0.111. The monoisotopic (exact) mass is 262 g/mol. The number of aryl methyl sites for hydroxylation is 2. The molecule has 0 bridgehead atoms. The zero-order valence-electron chi connectivity index (χ0n) is 11.8. The van der Waals surface area contributed by atoms with Crippen LogP contribution in [0.5, 0.6) is 0 Å². The van der Waals surface area contributed by atoms with Gasteiger partial charge >= 0.3 is 0 Å². The Morgan fingerprint density at radius 1 is 0.850 bits per heavy atom. The highest BCUT2D eigenvalue weighted by molar-refractivity contribution is 5.65. The van der Waals surface area contributed by atoms with Crippen LogP contribution >= 0.6 is 0 Å². The van der Waals surface area contributed by atoms with Crippen LogP contribution in [-0.4, -0.2) is 4.57 Å². The van der Waals surface area contributed by atoms with Crippen LogP contribution in [0.15, 0.2) is 60.7 Å². The summed E-state index contributed by atoms with van der Waals surface area (Å²) in [4.78, 5) is 0. The Bertz CT molecular complexity index is 739. The van der Waals surface area contributed by atoms with E-state index in [0.717, 1.165) is 16.9 Å². The van der Waals surface area contributed by atoms with Crippen molar-refractivity contribution in [3.8, 4) is 16.9 Å². The summed E-state index contributed by atoms with van der Waals surface area (Å²) in [5.74, 6) is 0. The minimum Gasteiger partial charge on any atom is -0.399 e. The van der Waals surface area contributed by atoms with Gasteiger partial charge in [-0.05, 0) is 55.3 Å². The van der Waals surface area contributed by atoms with Crippen LogP contribution in [0, 0.1) is 13.8 Å². The summed E-state index contributed by atoms with van der Waals surface area (Å²) < 4.78 is 2.27. The summed E-state index contributed by atoms with van der Waals surface area (Å²) in [5, 5.41) is 0. The molecule has 1 heterocycles. The third kappa shape index (κ3) is 2.10. The number of hydrogen-bond acceptors (Lipinski definition) is 1. The van der Waals surface area contributed by atoms with Gasteiger partial charge < -0.3 is 10.3 Å². The van der Waals surface area contributed by atoms with Gasteiger partial charge in [-0.25, -0.2) is 0 Å². The van der Waals surface area contributed by atoms with E-state index in [1.165, 1.54) is 17.0 Å². The summed E-state index contributed by atoms with van der Waals surface area (Å²) in [7, 11) is 0. The van der Waals surface area contributed by atoms with Crippen LogP contribution in [-0.2, 0) is 0 Å². The van der Waals surface area contributed by atoms with Crippen molar-refractivity contribution in [3.05, 3.63) is 71.9 Å². The Morgan fingerprint density at radius 3 is 2.30 bits per heavy atom. The Kier molecular flexibility index (Phi) is 3.07. The van der Waals surface area contributed by atoms with Crippen LogP contribution in [0.1, 0.15) is 11.3 Å². The van der Waals surface area contributed by atoms with Crippen LogP contribution in [0.3, 0.4) is 0 Å². The number of aromatic nitrogens is 1. The maximum Gasteiger partial charge on any atom is 0.0531 e. The zero-order valence-corrected chi connectivity index (χ0v) is 11.8. The summed E-state index contributed by atoms with van der Waals surface area (Å²) in [6, 6.07) is 20.9. The van der Waals surface area contributed by atoms with Gasteiger partial charge in [0.05, 0.1) is 5.69 Å². The molecular weight excluding hydrogens is 244 g/mol. The average Bonchev–Trinajstić information content (AvgIpc) is 2.85. The average molecular weight is 262 g/mol. The molecule has 2 N–H and O–H groups in total. The quantitative estimate of drug-likeness (QED) is 0.684. The Morgan fingerprint density at radius 2 is 1.60 bits per heavy atom. The smallest absolute Gasteiger partial charge is 0.0531 e. The molecule has 0 saturated carbocycles. The van der Waals surface area contributed by atoms with E-state index in [0.29, 0.717) is 0 Å². The molecule has 3 aromatic rings. The van der Waals surface area contributed by atoms with Gasteiger partial charge in [0.2, 0.25) is 0 Å². The first-order valence-corrected chi connectivity index (χ1v) is 6.77. The van der Waals surface area contributed by atoms with E-state index in [-0.39, 0.29) is 0 Å². The highest BCUT2D eigenvalue weighted by atomic mass is 15.0. The number of nitrogen functional groups attached to an aromatic ring is 1. The normalized spacial score (nSPS) is 10.7. The molecular formula is C18H18N2. The maximum atomic E-state index is 5.92. The van der Waals surface area contributed by atoms with Crippen molar-refractivity contribution in [1.29, 1.82) is 0 Å². The van der Waals surface area contributed by atoms with Crippen molar-refractivity contribution in [2.75, 3.05) is 5.73 Å². The van der Waals surface area contributed by atoms with E-state index in [1.54, 1.807) is 0 Å². The highest BCUT2D eigenvalue weighted by Gasteiger charge is 2.09. The number of hydrogen-bond donors (Lipinski definition) is 1. The Balaban J connectivity index is 2.19. The van der Waals surface area contributed by atoms with E-state index in [1.807, 2.05) is 19.1 Å². The minimum absolute atomic E-state index is 0.833. The molecule has 100 valence electrons. The van der Waals surface area contributed by atoms with Gasteiger partial charge in [0.15, 0.2) is 0 Å². The van der Waals surface area contributed by atoms with Crippen molar-refractivity contribution in [2.24, 2.45) is 0 Å². The molecule has 0 atom stereocenters. The van der Waals surface area contributed by atoms with Gasteiger partial charge in [-0.2, -0.15) is 0 Å². The van der Waals surface area contributed by atoms with Gasteiger partial charge in [-0.1, -0.05) is 30.3 Å². The Hall–Kier alpha value is -2.48. The highest BCUT2D eigenvalue weighted by Crippen LogP contribution is 2.27. The third-order valence-electron chi connectivity index (χ3n) is 3.66. The molecule has 2 nitrogen and oxygen atoms in total. The molecule has 0 radical (unpaired) electrons. The molecule has 3 rings (SSSR count). The fourth-order valence-corrected chi connectivity index (χ4v) is 2.51. The SMILES string of the molecule is Cc1cc(-n2c(C)ccc2-c2ccccc2)ccc1N. The van der Waals surface area contributed by atoms with Crippen molar-refractivity contribution in [3.63, 3.8) is 0 Å². The topological polar surface area (TPSA) is 30.9 Å². The first-order chi connectivity index (χ1) is 9.66. The number of rotatable bonds is 2. The molecule has 2 aromatic carbocycles. The molecule has 20 heavy (non-hydrogen) atoms. The molecule has 1 aromatic heterocycles. The second-order valence-electron chi connectivity index (χ2n) is 5.10. The van der Waals surface area contributed by atoms with Gasteiger partial charge in [-0.15, -0.1) is 0 Å². The van der Waals surface area contributed by atoms with E-state index in [2.05, 4.69) is 60.0 Å². The maximum absolute atomic E-state index is 5.92. The van der Waals surface area contributed by atoms with Crippen LogP contribution in [0.2, 0.25) is 0 Å². The van der Waals surface area contributed by atoms with E-state index in [9.17, 15) is 0 Å². The predicted molar refractivity (Wildman–Crippen MR) is 85.1 cm³/mol. The molecule has 0 aliphatic carbocycles. The lowest BCUT2D eigenvalue weighted by Gasteiger charge is -2.13. The summed E-state index contributed by atoms with van der Waals surface area (Å²) in [6.45, 7) is 4.16. The van der Waals surface area contributed by atoms with Crippen molar-refractivity contribution in [2.45, 2.75) is 13.8 Å². The van der Waals surface area contributed by atoms with Gasteiger partial charge in [0.1, 0.15) is 0 Å². The number of nitrogens with two attached hydrogens (primary N) is 1. The van der Waals surface area contributed by atoms with Crippen LogP contribution in [0.25, 0.3) is 16.9 Å². The molecule has 0 amide bonds. The fourth-order valence-electron chi connectivity index (χ4n) is 2.51. The summed E-state index contributed by atoms with van der Waals surface area (Å²) in [6.07, 6.45) is 0. The molecule has 0 spiro atoms. The van der Waals surface area contributed by atoms with E-state index < -0.39 is 0 Å². The molecule has 0 fully saturated rings. The summed E-state index contributed by atoms with van der Waals surface area (Å²) >= 11 is 0. The lowest BCUT2D eigenvalue weighted by Crippen LogP contribution is -2.00. The van der Waals surface area contributed by atoms with Gasteiger partial charge in [-0.3, -0.25) is 0 Å². The lowest BCUT2D eigenvalue weighted by molar-refractivity contribution is 1.02. The number of nitrogens with zero attached hydrogens (tertiary/aromatic N) is 1. The number of anilines is 1. The van der Waals surface area contributed by atoms with Crippen LogP contribution in [0.4, 0.5) is 5.69 Å². The van der Waals surface area contributed by atoms with E-state index in [4.69, 9.17) is 5.73 Å². The number of benzene rings is 2. The van der Waals surface area contributed by atoms with Crippen LogP contribution < -0.4 is 5.73 Å². The van der Waals surface area contributed by atoms with Crippen molar-refractivity contribution in [1.82, 2.24) is 4.57 Å². The third-order valence-corrected chi connectivity index (χ3v) is 3.66. The summed E-state index contributed by atoms with van der Waals surface area (Å²) in [5.41, 5.74) is 12.6. The zero-order chi connectivity index (χ0) is 14.1. The molecule has 0 unspecified atom stereocenters. The minimum atomic E-state index is 0.833. The van der Waals surface area contributed by atoms with Gasteiger partial charge in [0.25, 0.3) is 0 Å². The largest absolute Gasteiger partial charge is 0.399 e. The second kappa shape index (κ2) is 4.89. The standard InChI is InChI=1S/C18H18N2/c1-13-12-16(9-10-17(13)19)20-14(2)8-11-18(20)15-6-4-3-5-7-15/h3-12H,19H2,1-2H3. The second-order valence-corrected chi connectivity index (χ2v) is 5.10. The molecule has 0 saturated heterocycles.